The lowest BCUT2D eigenvalue weighted by Gasteiger charge is -2.39. The van der Waals surface area contributed by atoms with Crippen molar-refractivity contribution in [2.45, 2.75) is 96.5 Å². The van der Waals surface area contributed by atoms with Gasteiger partial charge in [-0.05, 0) is 44.5 Å². The predicted molar refractivity (Wildman–Crippen MR) is 161 cm³/mol. The highest BCUT2D eigenvalue weighted by molar-refractivity contribution is 8.14. The van der Waals surface area contributed by atoms with Gasteiger partial charge in [0.15, 0.2) is 14.4 Å². The normalized spacial score (nSPS) is 17.3. The quantitative estimate of drug-likeness (QED) is 0.143. The number of rotatable bonds is 12. The van der Waals surface area contributed by atoms with E-state index in [0.29, 0.717) is 10.8 Å². The first kappa shape index (κ1) is 33.6. The summed E-state index contributed by atoms with van der Waals surface area (Å²) in [5.74, 6) is -0.658. The first-order chi connectivity index (χ1) is 18.5. The van der Waals surface area contributed by atoms with Crippen LogP contribution in [0.5, 0.6) is 0 Å². The summed E-state index contributed by atoms with van der Waals surface area (Å²) >= 11 is 1.32. The van der Waals surface area contributed by atoms with Crippen LogP contribution in [0.1, 0.15) is 53.5 Å². The molecule has 1 heterocycles. The number of aliphatic imine (C=N–C) groups is 1. The number of ether oxygens (including phenoxy) is 3. The van der Waals surface area contributed by atoms with Crippen LogP contribution in [0.2, 0.25) is 18.1 Å². The van der Waals surface area contributed by atoms with E-state index in [-0.39, 0.29) is 24.7 Å². The molecule has 9 nitrogen and oxygen atoms in total. The summed E-state index contributed by atoms with van der Waals surface area (Å²) in [7, 11) is -2.44. The number of carbonyl (C=O) groups excluding carboxylic acids is 3. The molecule has 1 aliphatic rings. The minimum absolute atomic E-state index is 0.0552. The number of benzene rings is 1. The van der Waals surface area contributed by atoms with Crippen molar-refractivity contribution in [3.8, 4) is 0 Å². The van der Waals surface area contributed by atoms with Crippen LogP contribution in [0.3, 0.4) is 0 Å². The zero-order valence-corrected chi connectivity index (χ0v) is 26.8. The highest BCUT2D eigenvalue weighted by atomic mass is 32.2. The fourth-order valence-electron chi connectivity index (χ4n) is 3.37. The van der Waals surface area contributed by atoms with E-state index in [0.717, 1.165) is 5.56 Å². The highest BCUT2D eigenvalue weighted by Crippen LogP contribution is 2.38. The molecule has 0 unspecified atom stereocenters. The Kier molecular flexibility index (Phi) is 12.0. The summed E-state index contributed by atoms with van der Waals surface area (Å²) in [6.07, 6.45) is -0.108. The van der Waals surface area contributed by atoms with E-state index in [1.165, 1.54) is 17.8 Å². The van der Waals surface area contributed by atoms with Gasteiger partial charge < -0.3 is 24.0 Å². The van der Waals surface area contributed by atoms with Gasteiger partial charge in [-0.3, -0.25) is 4.99 Å². The lowest BCUT2D eigenvalue weighted by atomic mass is 10.1. The molecule has 40 heavy (non-hydrogen) atoms. The third kappa shape index (κ3) is 10.7. The topological polar surface area (TPSA) is 113 Å². The molecule has 1 amide bonds. The van der Waals surface area contributed by atoms with Crippen molar-refractivity contribution in [3.63, 3.8) is 0 Å². The van der Waals surface area contributed by atoms with Crippen LogP contribution in [0.25, 0.3) is 0 Å². The Labute approximate surface area is 243 Å². The standard InChI is InChI=1S/C29H44N2O7SSi/c1-10-16-35-25(32)22-19-39-24(30-22)21(31-27(34)37-28(2,3)4)17-23(38-40(8,9)29(5,6)7)26(33)36-18-20-14-12-11-13-15-20/h10-15,21-23H,1,16-19H2,2-9H3,(H,31,34)/t21-,22-,23-/m0/s1. The number of thioether (sulfide) groups is 1. The lowest BCUT2D eigenvalue weighted by molar-refractivity contribution is -0.154. The average Bonchev–Trinajstić information content (AvgIpc) is 3.34. The van der Waals surface area contributed by atoms with Crippen molar-refractivity contribution >= 4 is 43.2 Å². The Morgan fingerprint density at radius 1 is 1.12 bits per heavy atom. The van der Waals surface area contributed by atoms with Crippen molar-refractivity contribution in [2.24, 2.45) is 4.99 Å². The van der Waals surface area contributed by atoms with Crippen LogP contribution in [0, 0.1) is 0 Å². The zero-order valence-electron chi connectivity index (χ0n) is 24.9. The molecule has 0 aliphatic carbocycles. The zero-order chi connectivity index (χ0) is 30.1. The van der Waals surface area contributed by atoms with Gasteiger partial charge in [-0.2, -0.15) is 0 Å². The smallest absolute Gasteiger partial charge is 0.408 e. The summed E-state index contributed by atoms with van der Waals surface area (Å²) in [6.45, 7) is 19.4. The van der Waals surface area contributed by atoms with Crippen molar-refractivity contribution < 1.29 is 33.0 Å². The second-order valence-corrected chi connectivity index (χ2v) is 17.9. The summed E-state index contributed by atoms with van der Waals surface area (Å²) in [6, 6.07) is 7.91. The van der Waals surface area contributed by atoms with E-state index in [2.05, 4.69) is 37.7 Å². The maximum atomic E-state index is 13.5. The minimum atomic E-state index is -2.44. The van der Waals surface area contributed by atoms with Gasteiger partial charge in [-0.1, -0.05) is 63.8 Å². The van der Waals surface area contributed by atoms with Crippen molar-refractivity contribution in [1.82, 2.24) is 5.32 Å². The van der Waals surface area contributed by atoms with Gasteiger partial charge in [0.25, 0.3) is 0 Å². The predicted octanol–water partition coefficient (Wildman–Crippen LogP) is 5.65. The molecular formula is C29H44N2O7SSi. The van der Waals surface area contributed by atoms with E-state index < -0.39 is 50.1 Å². The summed E-state index contributed by atoms with van der Waals surface area (Å²) in [5.41, 5.74) is 0.115. The third-order valence-electron chi connectivity index (χ3n) is 6.46. The average molecular weight is 593 g/mol. The van der Waals surface area contributed by atoms with Crippen LogP contribution < -0.4 is 5.32 Å². The first-order valence-corrected chi connectivity index (χ1v) is 17.3. The number of carbonyl (C=O) groups is 3. The highest BCUT2D eigenvalue weighted by Gasteiger charge is 2.43. The van der Waals surface area contributed by atoms with E-state index in [9.17, 15) is 14.4 Å². The van der Waals surface area contributed by atoms with E-state index in [1.54, 1.807) is 20.8 Å². The summed E-state index contributed by atoms with van der Waals surface area (Å²) < 4.78 is 22.9. The van der Waals surface area contributed by atoms with Gasteiger partial charge in [0.05, 0.1) is 11.1 Å². The van der Waals surface area contributed by atoms with Gasteiger partial charge in [0.1, 0.15) is 24.9 Å². The molecule has 0 bridgehead atoms. The molecule has 1 N–H and O–H groups in total. The fraction of sp³-hybridized carbons (Fsp3) is 0.586. The molecule has 222 valence electrons. The first-order valence-electron chi connectivity index (χ1n) is 13.4. The molecule has 1 aromatic rings. The molecule has 0 saturated carbocycles. The largest absolute Gasteiger partial charge is 0.460 e. The van der Waals surface area contributed by atoms with Crippen LogP contribution in [-0.4, -0.2) is 67.5 Å². The van der Waals surface area contributed by atoms with E-state index in [1.807, 2.05) is 43.4 Å². The van der Waals surface area contributed by atoms with Crippen LogP contribution in [0.15, 0.2) is 48.0 Å². The summed E-state index contributed by atoms with van der Waals surface area (Å²) in [4.78, 5) is 43.3. The van der Waals surface area contributed by atoms with E-state index >= 15 is 0 Å². The number of hydrogen-bond donors (Lipinski definition) is 1. The maximum Gasteiger partial charge on any atom is 0.408 e. The van der Waals surface area contributed by atoms with Crippen molar-refractivity contribution in [1.29, 1.82) is 0 Å². The fourth-order valence-corrected chi connectivity index (χ4v) is 5.73. The molecule has 3 atom stereocenters. The second kappa shape index (κ2) is 14.3. The Bertz CT molecular complexity index is 1060. The molecule has 1 aromatic carbocycles. The summed E-state index contributed by atoms with van der Waals surface area (Å²) in [5, 5.41) is 3.16. The van der Waals surface area contributed by atoms with Crippen LogP contribution in [0.4, 0.5) is 4.79 Å². The molecule has 2 rings (SSSR count). The number of alkyl carbamates (subject to hydrolysis) is 1. The third-order valence-corrected chi connectivity index (χ3v) is 12.1. The number of hydrogen-bond acceptors (Lipinski definition) is 9. The van der Waals surface area contributed by atoms with E-state index in [4.69, 9.17) is 18.6 Å². The lowest BCUT2D eigenvalue weighted by Crippen LogP contribution is -2.50. The van der Waals surface area contributed by atoms with Gasteiger partial charge in [-0.25, -0.2) is 14.4 Å². The molecule has 0 fully saturated rings. The molecular weight excluding hydrogens is 548 g/mol. The SMILES string of the molecule is C=CCOC(=O)[C@@H]1CSC([C@H](C[C@H](O[Si](C)(C)C(C)(C)C)C(=O)OCc2ccccc2)NC(=O)OC(C)(C)C)=N1. The Hall–Kier alpha value is -2.63. The molecule has 0 radical (unpaired) electrons. The molecule has 0 saturated heterocycles. The van der Waals surface area contributed by atoms with Gasteiger partial charge in [0.2, 0.25) is 0 Å². The monoisotopic (exact) mass is 592 g/mol. The Morgan fingerprint density at radius 3 is 2.35 bits per heavy atom. The van der Waals surface area contributed by atoms with Crippen molar-refractivity contribution in [3.05, 3.63) is 48.6 Å². The maximum absolute atomic E-state index is 13.5. The van der Waals surface area contributed by atoms with Gasteiger partial charge in [-0.15, -0.1) is 11.8 Å². The number of amides is 1. The van der Waals surface area contributed by atoms with Gasteiger partial charge >= 0.3 is 18.0 Å². The number of nitrogens with zero attached hydrogens (tertiary/aromatic N) is 1. The second-order valence-electron chi connectivity index (χ2n) is 12.1. The van der Waals surface area contributed by atoms with Crippen LogP contribution in [-0.2, 0) is 34.8 Å². The Balaban J connectivity index is 2.36. The molecule has 0 aromatic heterocycles. The number of esters is 2. The van der Waals surface area contributed by atoms with Gasteiger partial charge in [0, 0.05) is 12.2 Å². The minimum Gasteiger partial charge on any atom is -0.460 e. The molecule has 11 heteroatoms. The Morgan fingerprint density at radius 2 is 1.77 bits per heavy atom. The van der Waals surface area contributed by atoms with Crippen molar-refractivity contribution in [2.75, 3.05) is 12.4 Å². The molecule has 0 spiro atoms. The molecule has 1 aliphatic heterocycles. The number of nitrogens with one attached hydrogen (secondary N) is 1. The van der Waals surface area contributed by atoms with Crippen LogP contribution >= 0.6 is 11.8 Å².